The Morgan fingerprint density at radius 1 is 1.39 bits per heavy atom. The molecule has 0 radical (unpaired) electrons. The van der Waals surface area contributed by atoms with Crippen molar-refractivity contribution >= 4 is 57.8 Å². The Labute approximate surface area is 192 Å². The number of piperidine rings is 1. The van der Waals surface area contributed by atoms with Crippen molar-refractivity contribution in [3.63, 3.8) is 0 Å². The summed E-state index contributed by atoms with van der Waals surface area (Å²) in [6, 6.07) is -0.277. The number of hydrogen-bond acceptors (Lipinski definition) is 8. The van der Waals surface area contributed by atoms with Crippen molar-refractivity contribution in [2.75, 3.05) is 32.2 Å². The van der Waals surface area contributed by atoms with Gasteiger partial charge in [-0.1, -0.05) is 39.7 Å². The molecule has 0 saturated carbocycles. The largest absolute Gasteiger partial charge is 0.477 e. The molecule has 0 aromatic carbocycles. The standard InChI is InChI=1S/C18H21Cl2N5O5S/c1-8-12(19)13(20)14(22-8)16(26)23-9-4-5-25(7-11(9)29-2)18-24-10(6-21-30-3)15(31-18)17(27)28/h6,9,11,22H,4-5,7H2,1-3H3,(H,23,26)(H,27,28). The van der Waals surface area contributed by atoms with E-state index in [1.807, 2.05) is 4.90 Å². The first kappa shape index (κ1) is 23.3. The number of oxime groups is 1. The SMILES string of the molecule is CON=Cc1nc(N2CCC(NC(=O)c3[nH]c(C)c(Cl)c3Cl)C(OC)C2)sc1C(=O)O. The summed E-state index contributed by atoms with van der Waals surface area (Å²) in [5, 5.41) is 17.0. The normalized spacial score (nSPS) is 19.1. The van der Waals surface area contributed by atoms with Gasteiger partial charge in [0.1, 0.15) is 23.4 Å². The summed E-state index contributed by atoms with van der Waals surface area (Å²) < 4.78 is 5.59. The van der Waals surface area contributed by atoms with Crippen LogP contribution in [0, 0.1) is 6.92 Å². The van der Waals surface area contributed by atoms with Crippen LogP contribution in [0.2, 0.25) is 10.0 Å². The van der Waals surface area contributed by atoms with E-state index >= 15 is 0 Å². The van der Waals surface area contributed by atoms with Gasteiger partial charge in [-0.3, -0.25) is 4.79 Å². The predicted molar refractivity (Wildman–Crippen MR) is 118 cm³/mol. The van der Waals surface area contributed by atoms with Gasteiger partial charge in [-0.05, 0) is 13.3 Å². The van der Waals surface area contributed by atoms with E-state index in [1.165, 1.54) is 13.3 Å². The molecule has 1 aliphatic rings. The van der Waals surface area contributed by atoms with Gasteiger partial charge in [0, 0.05) is 25.9 Å². The number of nitrogens with one attached hydrogen (secondary N) is 2. The summed E-state index contributed by atoms with van der Waals surface area (Å²) in [5.41, 5.74) is 1.03. The number of carbonyl (C=O) groups is 2. The number of rotatable bonds is 7. The monoisotopic (exact) mass is 489 g/mol. The summed E-state index contributed by atoms with van der Waals surface area (Å²) in [7, 11) is 2.92. The first-order valence-corrected chi connectivity index (χ1v) is 10.8. The Hall–Kier alpha value is -2.34. The minimum absolute atomic E-state index is 0.0637. The van der Waals surface area contributed by atoms with Crippen LogP contribution < -0.4 is 10.2 Å². The second-order valence-electron chi connectivity index (χ2n) is 6.77. The number of amides is 1. The van der Waals surface area contributed by atoms with E-state index in [0.717, 1.165) is 11.3 Å². The van der Waals surface area contributed by atoms with Crippen molar-refractivity contribution in [1.82, 2.24) is 15.3 Å². The first-order valence-electron chi connectivity index (χ1n) is 9.19. The molecule has 2 unspecified atom stereocenters. The fourth-order valence-corrected chi connectivity index (χ4v) is 4.59. The zero-order chi connectivity index (χ0) is 22.7. The van der Waals surface area contributed by atoms with E-state index in [0.29, 0.717) is 35.4 Å². The van der Waals surface area contributed by atoms with Gasteiger partial charge < -0.3 is 29.9 Å². The summed E-state index contributed by atoms with van der Waals surface area (Å²) >= 11 is 13.2. The highest BCUT2D eigenvalue weighted by molar-refractivity contribution is 7.17. The minimum atomic E-state index is -1.09. The number of H-pyrrole nitrogens is 1. The van der Waals surface area contributed by atoms with Crippen LogP contribution in [0.1, 0.15) is 38.0 Å². The molecule has 1 saturated heterocycles. The molecule has 1 amide bonds. The van der Waals surface area contributed by atoms with Crippen LogP contribution in [0.4, 0.5) is 5.13 Å². The molecule has 0 aliphatic carbocycles. The number of carboxylic acids is 1. The van der Waals surface area contributed by atoms with Gasteiger partial charge in [0.15, 0.2) is 5.13 Å². The topological polar surface area (TPSA) is 129 Å². The summed E-state index contributed by atoms with van der Waals surface area (Å²) in [5.74, 6) is -1.47. The minimum Gasteiger partial charge on any atom is -0.477 e. The summed E-state index contributed by atoms with van der Waals surface area (Å²) in [6.45, 7) is 2.68. The molecule has 2 aromatic rings. The fraction of sp³-hybridized carbons (Fsp3) is 0.444. The number of hydrogen-bond donors (Lipinski definition) is 3. The van der Waals surface area contributed by atoms with Gasteiger partial charge in [-0.2, -0.15) is 0 Å². The number of halogens is 2. The predicted octanol–water partition coefficient (Wildman–Crippen LogP) is 2.79. The smallest absolute Gasteiger partial charge is 0.348 e. The van der Waals surface area contributed by atoms with Crippen LogP contribution in [-0.2, 0) is 9.57 Å². The van der Waals surface area contributed by atoms with E-state index in [-0.39, 0.29) is 39.3 Å². The van der Waals surface area contributed by atoms with Crippen molar-refractivity contribution in [1.29, 1.82) is 0 Å². The molecule has 0 spiro atoms. The Morgan fingerprint density at radius 2 is 2.13 bits per heavy atom. The van der Waals surface area contributed by atoms with Gasteiger partial charge >= 0.3 is 5.97 Å². The van der Waals surface area contributed by atoms with Crippen LogP contribution in [0.15, 0.2) is 5.16 Å². The number of aromatic nitrogens is 2. The highest BCUT2D eigenvalue weighted by atomic mass is 35.5. The quantitative estimate of drug-likeness (QED) is 0.402. The van der Waals surface area contributed by atoms with Gasteiger partial charge in [0.25, 0.3) is 5.91 Å². The number of ether oxygens (including phenoxy) is 1. The Morgan fingerprint density at radius 3 is 2.71 bits per heavy atom. The molecule has 1 aliphatic heterocycles. The van der Waals surface area contributed by atoms with Crippen molar-refractivity contribution in [2.24, 2.45) is 5.16 Å². The maximum atomic E-state index is 12.7. The fourth-order valence-electron chi connectivity index (χ4n) is 3.26. The molecule has 13 heteroatoms. The number of methoxy groups -OCH3 is 1. The number of thiazole rings is 1. The van der Waals surface area contributed by atoms with Crippen LogP contribution in [0.25, 0.3) is 0 Å². The molecular formula is C18H21Cl2N5O5S. The highest BCUT2D eigenvalue weighted by Gasteiger charge is 2.33. The molecule has 1 fully saturated rings. The first-order chi connectivity index (χ1) is 14.8. The molecule has 3 rings (SSSR count). The van der Waals surface area contributed by atoms with Gasteiger partial charge in [-0.15, -0.1) is 0 Å². The lowest BCUT2D eigenvalue weighted by atomic mass is 10.0. The third-order valence-electron chi connectivity index (χ3n) is 4.85. The molecule has 0 bridgehead atoms. The van der Waals surface area contributed by atoms with Gasteiger partial charge in [-0.25, -0.2) is 9.78 Å². The second kappa shape index (κ2) is 9.86. The molecule has 168 valence electrons. The van der Waals surface area contributed by atoms with Crippen molar-refractivity contribution in [3.8, 4) is 0 Å². The molecule has 2 atom stereocenters. The van der Waals surface area contributed by atoms with Crippen molar-refractivity contribution in [3.05, 3.63) is 32.0 Å². The average Bonchev–Trinajstić information content (AvgIpc) is 3.29. The van der Waals surface area contributed by atoms with Crippen LogP contribution >= 0.6 is 34.5 Å². The zero-order valence-electron chi connectivity index (χ0n) is 16.9. The van der Waals surface area contributed by atoms with E-state index in [9.17, 15) is 14.7 Å². The number of aryl methyl sites for hydroxylation is 1. The molecule has 10 nitrogen and oxygen atoms in total. The van der Waals surface area contributed by atoms with Crippen molar-refractivity contribution in [2.45, 2.75) is 25.5 Å². The van der Waals surface area contributed by atoms with E-state index in [2.05, 4.69) is 25.3 Å². The Kier molecular flexibility index (Phi) is 7.42. The number of carboxylic acid groups (broad SMARTS) is 1. The lowest BCUT2D eigenvalue weighted by Crippen LogP contribution is -2.55. The summed E-state index contributed by atoms with van der Waals surface area (Å²) in [4.78, 5) is 38.1. The second-order valence-corrected chi connectivity index (χ2v) is 8.51. The van der Waals surface area contributed by atoms with E-state index in [4.69, 9.17) is 27.9 Å². The van der Waals surface area contributed by atoms with Crippen molar-refractivity contribution < 1.29 is 24.3 Å². The highest BCUT2D eigenvalue weighted by Crippen LogP contribution is 2.31. The number of anilines is 1. The molecule has 3 heterocycles. The molecular weight excluding hydrogens is 469 g/mol. The number of aromatic amines is 1. The summed E-state index contributed by atoms with van der Waals surface area (Å²) in [6.07, 6.45) is 1.47. The lowest BCUT2D eigenvalue weighted by Gasteiger charge is -2.37. The lowest BCUT2D eigenvalue weighted by molar-refractivity contribution is 0.0540. The van der Waals surface area contributed by atoms with Gasteiger partial charge in [0.2, 0.25) is 0 Å². The third-order valence-corrected chi connectivity index (χ3v) is 6.91. The molecule has 31 heavy (non-hydrogen) atoms. The molecule has 2 aromatic heterocycles. The number of nitrogens with zero attached hydrogens (tertiary/aromatic N) is 3. The van der Waals surface area contributed by atoms with Crippen LogP contribution in [-0.4, -0.2) is 72.6 Å². The van der Waals surface area contributed by atoms with Crippen LogP contribution in [0.3, 0.4) is 0 Å². The maximum Gasteiger partial charge on any atom is 0.348 e. The Bertz CT molecular complexity index is 1010. The Balaban J connectivity index is 1.73. The van der Waals surface area contributed by atoms with Crippen LogP contribution in [0.5, 0.6) is 0 Å². The maximum absolute atomic E-state index is 12.7. The third kappa shape index (κ3) is 4.95. The number of carbonyl (C=O) groups excluding carboxylic acids is 1. The molecule has 3 N–H and O–H groups in total. The van der Waals surface area contributed by atoms with E-state index < -0.39 is 5.97 Å². The van der Waals surface area contributed by atoms with E-state index in [1.54, 1.807) is 14.0 Å². The zero-order valence-corrected chi connectivity index (χ0v) is 19.3. The number of aromatic carboxylic acids is 1. The van der Waals surface area contributed by atoms with Gasteiger partial charge in [0.05, 0.1) is 28.4 Å². The average molecular weight is 490 g/mol.